The fourth-order valence-corrected chi connectivity index (χ4v) is 4.21. The molecule has 0 aliphatic rings. The molecule has 0 atom stereocenters. The number of rotatable bonds is 7. The van der Waals surface area contributed by atoms with E-state index in [1.165, 1.54) is 12.1 Å². The van der Waals surface area contributed by atoms with Crippen molar-refractivity contribution < 1.29 is 13.6 Å². The molecule has 1 heterocycles. The Labute approximate surface area is 182 Å². The summed E-state index contributed by atoms with van der Waals surface area (Å²) in [5, 5.41) is 0.0693. The maximum Gasteiger partial charge on any atom is 0.192 e. The maximum atomic E-state index is 13.6. The van der Waals surface area contributed by atoms with E-state index in [1.54, 1.807) is 12.1 Å². The zero-order chi connectivity index (χ0) is 22.9. The summed E-state index contributed by atoms with van der Waals surface area (Å²) in [6.07, 6.45) is 0.890. The van der Waals surface area contributed by atoms with Crippen LogP contribution in [-0.2, 0) is 11.0 Å². The van der Waals surface area contributed by atoms with Gasteiger partial charge < -0.3 is 4.43 Å². The van der Waals surface area contributed by atoms with Gasteiger partial charge in [0.2, 0.25) is 0 Å². The number of hydrogen-bond acceptors (Lipinski definition) is 3. The summed E-state index contributed by atoms with van der Waals surface area (Å²) in [7, 11) is -2.02. The fourth-order valence-electron chi connectivity index (χ4n) is 3.27. The third kappa shape index (κ3) is 5.06. The molecule has 0 aliphatic heterocycles. The molecule has 0 saturated carbocycles. The molecule has 2 aromatic rings. The second kappa shape index (κ2) is 9.11. The molecule has 2 rings (SSSR count). The van der Waals surface area contributed by atoms with Gasteiger partial charge in [0.25, 0.3) is 0 Å². The lowest BCUT2D eigenvalue weighted by molar-refractivity contribution is 0.112. The van der Waals surface area contributed by atoms with Crippen molar-refractivity contribution in [2.45, 2.75) is 85.0 Å². The Kier molecular flexibility index (Phi) is 7.41. The normalized spacial score (nSPS) is 12.7. The van der Waals surface area contributed by atoms with Crippen LogP contribution in [0.15, 0.2) is 24.3 Å². The molecule has 0 radical (unpaired) electrons. The van der Waals surface area contributed by atoms with Crippen molar-refractivity contribution in [3.8, 4) is 11.1 Å². The topological polar surface area (TPSA) is 39.2 Å². The minimum Gasteiger partial charge on any atom is -0.412 e. The Bertz CT molecular complexity index is 897. The number of carbonyl (C=O) groups is 1. The average Bonchev–Trinajstić information content (AvgIpc) is 2.64. The zero-order valence-corrected chi connectivity index (χ0v) is 20.9. The highest BCUT2D eigenvalue weighted by Crippen LogP contribution is 2.40. The zero-order valence-electron chi connectivity index (χ0n) is 19.9. The molecule has 3 nitrogen and oxygen atoms in total. The summed E-state index contributed by atoms with van der Waals surface area (Å²) >= 11 is 0. The Morgan fingerprint density at radius 3 is 2.00 bits per heavy atom. The lowest BCUT2D eigenvalue weighted by Gasteiger charge is -2.37. The fraction of sp³-hybridized carbons (Fsp3) is 0.520. The molecular weight excluding hydrogens is 393 g/mol. The van der Waals surface area contributed by atoms with E-state index >= 15 is 0 Å². The van der Waals surface area contributed by atoms with Gasteiger partial charge in [-0.05, 0) is 47.7 Å². The second-order valence-corrected chi connectivity index (χ2v) is 14.9. The summed E-state index contributed by atoms with van der Waals surface area (Å²) < 4.78 is 20.2. The molecule has 0 spiro atoms. The van der Waals surface area contributed by atoms with Gasteiger partial charge in [0.15, 0.2) is 14.6 Å². The van der Waals surface area contributed by atoms with Crippen molar-refractivity contribution in [3.63, 3.8) is 0 Å². The maximum absolute atomic E-state index is 13.6. The van der Waals surface area contributed by atoms with Crippen LogP contribution in [0.5, 0.6) is 0 Å². The number of pyridine rings is 1. The molecule has 30 heavy (non-hydrogen) atoms. The summed E-state index contributed by atoms with van der Waals surface area (Å²) in [6, 6.07) is 6.35. The molecule has 0 amide bonds. The van der Waals surface area contributed by atoms with E-state index in [9.17, 15) is 9.18 Å². The summed E-state index contributed by atoms with van der Waals surface area (Å²) in [5.41, 5.74) is 4.89. The van der Waals surface area contributed by atoms with Crippen molar-refractivity contribution >= 4 is 14.6 Å². The third-order valence-corrected chi connectivity index (χ3v) is 10.6. The first-order chi connectivity index (χ1) is 13.8. The Morgan fingerprint density at radius 2 is 1.57 bits per heavy atom. The molecule has 0 N–H and O–H groups in total. The van der Waals surface area contributed by atoms with Gasteiger partial charge in [-0.2, -0.15) is 0 Å². The molecular formula is C25H36FNO2Si. The van der Waals surface area contributed by atoms with Gasteiger partial charge in [0, 0.05) is 22.4 Å². The monoisotopic (exact) mass is 429 g/mol. The summed E-state index contributed by atoms with van der Waals surface area (Å²) in [4.78, 5) is 17.2. The molecule has 0 unspecified atom stereocenters. The summed E-state index contributed by atoms with van der Waals surface area (Å²) in [6.45, 7) is 19.8. The third-order valence-electron chi connectivity index (χ3n) is 6.13. The molecule has 0 saturated heterocycles. The van der Waals surface area contributed by atoms with Gasteiger partial charge in [0.05, 0.1) is 12.3 Å². The van der Waals surface area contributed by atoms with E-state index in [4.69, 9.17) is 9.41 Å². The first-order valence-electron chi connectivity index (χ1n) is 10.7. The van der Waals surface area contributed by atoms with E-state index in [-0.39, 0.29) is 22.7 Å². The largest absolute Gasteiger partial charge is 0.412 e. The van der Waals surface area contributed by atoms with Crippen LogP contribution in [0, 0.1) is 5.82 Å². The van der Waals surface area contributed by atoms with Gasteiger partial charge >= 0.3 is 0 Å². The van der Waals surface area contributed by atoms with Gasteiger partial charge in [-0.25, -0.2) is 4.39 Å². The van der Waals surface area contributed by atoms with Crippen LogP contribution in [0.2, 0.25) is 18.1 Å². The van der Waals surface area contributed by atoms with Gasteiger partial charge in [-0.3, -0.25) is 9.78 Å². The lowest BCUT2D eigenvalue weighted by Crippen LogP contribution is -2.40. The van der Waals surface area contributed by atoms with Crippen LogP contribution < -0.4 is 0 Å². The van der Waals surface area contributed by atoms with E-state index in [1.807, 2.05) is 13.8 Å². The Morgan fingerprint density at radius 1 is 1.03 bits per heavy atom. The van der Waals surface area contributed by atoms with Crippen LogP contribution in [0.3, 0.4) is 0 Å². The average molecular weight is 430 g/mol. The number of aldehydes is 1. The van der Waals surface area contributed by atoms with Crippen molar-refractivity contribution in [1.82, 2.24) is 4.98 Å². The van der Waals surface area contributed by atoms with Gasteiger partial charge in [-0.1, -0.05) is 60.6 Å². The van der Waals surface area contributed by atoms with Gasteiger partial charge in [-0.15, -0.1) is 0 Å². The van der Waals surface area contributed by atoms with E-state index in [0.717, 1.165) is 34.4 Å². The molecule has 1 aromatic heterocycles. The van der Waals surface area contributed by atoms with Crippen molar-refractivity contribution in [2.75, 3.05) is 0 Å². The van der Waals surface area contributed by atoms with Crippen LogP contribution in [0.4, 0.5) is 4.39 Å². The molecule has 1 aromatic carbocycles. The van der Waals surface area contributed by atoms with Crippen LogP contribution >= 0.6 is 0 Å². The van der Waals surface area contributed by atoms with Crippen LogP contribution in [0.1, 0.15) is 87.6 Å². The van der Waals surface area contributed by atoms with Crippen molar-refractivity contribution in [2.24, 2.45) is 0 Å². The number of nitrogens with zero attached hydrogens (tertiary/aromatic N) is 1. The van der Waals surface area contributed by atoms with E-state index in [0.29, 0.717) is 12.2 Å². The van der Waals surface area contributed by atoms with Crippen molar-refractivity contribution in [3.05, 3.63) is 52.6 Å². The van der Waals surface area contributed by atoms with Crippen LogP contribution in [-0.4, -0.2) is 19.6 Å². The molecule has 0 fully saturated rings. The van der Waals surface area contributed by atoms with Gasteiger partial charge in [0.1, 0.15) is 5.82 Å². The smallest absolute Gasteiger partial charge is 0.192 e. The number of hydrogen-bond donors (Lipinski definition) is 0. The number of benzene rings is 1. The highest BCUT2D eigenvalue weighted by Gasteiger charge is 2.37. The minimum absolute atomic E-state index is 0.0693. The predicted molar refractivity (Wildman–Crippen MR) is 125 cm³/mol. The highest BCUT2D eigenvalue weighted by atomic mass is 28.4. The van der Waals surface area contributed by atoms with Crippen molar-refractivity contribution in [1.29, 1.82) is 0 Å². The second-order valence-electron chi connectivity index (χ2n) is 10.1. The standard InChI is InChI=1S/C25H36FNO2Si/c1-16(2)23-20(14-28)22(18-10-12-19(26)13-11-18)21(24(27-23)17(3)4)15-29-30(8,9)25(5,6)7/h10-14,16-17H,15H2,1-9H3. The summed E-state index contributed by atoms with van der Waals surface area (Å²) in [5.74, 6) is -0.0367. The van der Waals surface area contributed by atoms with E-state index < -0.39 is 8.32 Å². The molecule has 164 valence electrons. The number of halogens is 1. The molecule has 0 aliphatic carbocycles. The Balaban J connectivity index is 2.79. The minimum atomic E-state index is -2.02. The SMILES string of the molecule is CC(C)c1nc(C(C)C)c(CO[Si](C)(C)C(C)(C)C)c(-c2ccc(F)cc2)c1C=O. The Hall–Kier alpha value is -1.85. The first kappa shape index (κ1) is 24.4. The van der Waals surface area contributed by atoms with Crippen LogP contribution in [0.25, 0.3) is 11.1 Å². The van der Waals surface area contributed by atoms with E-state index in [2.05, 4.69) is 47.7 Å². The lowest BCUT2D eigenvalue weighted by atomic mass is 9.88. The predicted octanol–water partition coefficient (Wildman–Crippen LogP) is 7.47. The quantitative estimate of drug-likeness (QED) is 0.338. The number of aromatic nitrogens is 1. The molecule has 5 heteroatoms. The first-order valence-corrected chi connectivity index (χ1v) is 13.6. The highest BCUT2D eigenvalue weighted by molar-refractivity contribution is 6.74. The molecule has 0 bridgehead atoms. The number of carbonyl (C=O) groups excluding carboxylic acids is 1.